The number of rotatable bonds is 6. The predicted molar refractivity (Wildman–Crippen MR) is 107 cm³/mol. The molecule has 2 bridgehead atoms. The number of amides is 2. The fraction of sp³-hybridized carbons (Fsp3) is 0.636. The fourth-order valence-electron chi connectivity index (χ4n) is 5.70. The molecule has 3 saturated heterocycles. The predicted octanol–water partition coefficient (Wildman–Crippen LogP) is 1.33. The van der Waals surface area contributed by atoms with Gasteiger partial charge in [0.25, 0.3) is 0 Å². The molecule has 5 rings (SSSR count). The van der Waals surface area contributed by atoms with Crippen LogP contribution >= 0.6 is 0 Å². The summed E-state index contributed by atoms with van der Waals surface area (Å²) in [5.74, 6) is 0.105. The van der Waals surface area contributed by atoms with Crippen molar-refractivity contribution in [2.75, 3.05) is 26.7 Å². The van der Waals surface area contributed by atoms with Gasteiger partial charge in [0.05, 0.1) is 23.0 Å². The lowest BCUT2D eigenvalue weighted by Crippen LogP contribution is -2.61. The van der Waals surface area contributed by atoms with Crippen LogP contribution in [0.15, 0.2) is 24.3 Å². The number of benzene rings is 1. The molecule has 4 aliphatic rings. The summed E-state index contributed by atoms with van der Waals surface area (Å²) in [5, 5.41) is 9.31. The number of hydrogen-bond donors (Lipinski definition) is 3. The molecule has 0 atom stereocenters. The molecule has 1 aromatic rings. The third-order valence-corrected chi connectivity index (χ3v) is 7.06. The van der Waals surface area contributed by atoms with E-state index in [4.69, 9.17) is 4.74 Å². The number of nitrogens with one attached hydrogen (secondary N) is 3. The molecular formula is C22H31N3O3. The van der Waals surface area contributed by atoms with E-state index in [0.29, 0.717) is 25.8 Å². The third-order valence-electron chi connectivity index (χ3n) is 7.06. The van der Waals surface area contributed by atoms with Gasteiger partial charge in [-0.1, -0.05) is 31.2 Å². The van der Waals surface area contributed by atoms with E-state index in [9.17, 15) is 9.59 Å². The van der Waals surface area contributed by atoms with Crippen LogP contribution in [0.1, 0.15) is 43.7 Å². The Labute approximate surface area is 166 Å². The first kappa shape index (κ1) is 19.4. The number of piperidine rings is 1. The van der Waals surface area contributed by atoms with Crippen molar-refractivity contribution in [3.8, 4) is 0 Å². The molecule has 0 aromatic heterocycles. The van der Waals surface area contributed by atoms with Crippen LogP contribution in [0.2, 0.25) is 0 Å². The SMILES string of the molecule is CCc1ccccc1CC(=O)NCC12CC(C(=O)NC)(C1)C1(CCNCC1)O2. The summed E-state index contributed by atoms with van der Waals surface area (Å²) in [6, 6.07) is 8.08. The third kappa shape index (κ3) is 2.94. The van der Waals surface area contributed by atoms with E-state index < -0.39 is 16.6 Å². The summed E-state index contributed by atoms with van der Waals surface area (Å²) >= 11 is 0. The highest BCUT2D eigenvalue weighted by atomic mass is 16.5. The second kappa shape index (κ2) is 7.16. The van der Waals surface area contributed by atoms with E-state index >= 15 is 0 Å². The van der Waals surface area contributed by atoms with E-state index in [0.717, 1.165) is 37.9 Å². The lowest BCUT2D eigenvalue weighted by Gasteiger charge is -2.47. The van der Waals surface area contributed by atoms with Crippen LogP contribution in [0.25, 0.3) is 0 Å². The van der Waals surface area contributed by atoms with Crippen LogP contribution in [0.5, 0.6) is 0 Å². The van der Waals surface area contributed by atoms with Crippen molar-refractivity contribution >= 4 is 11.8 Å². The first-order valence-electron chi connectivity index (χ1n) is 10.4. The Balaban J connectivity index is 1.42. The van der Waals surface area contributed by atoms with E-state index in [1.54, 1.807) is 7.05 Å². The maximum absolute atomic E-state index is 12.7. The quantitative estimate of drug-likeness (QED) is 0.690. The van der Waals surface area contributed by atoms with E-state index in [2.05, 4.69) is 28.9 Å². The second-order valence-electron chi connectivity index (χ2n) is 8.62. The average Bonchev–Trinajstić information content (AvgIpc) is 3.11. The Morgan fingerprint density at radius 1 is 1.14 bits per heavy atom. The van der Waals surface area contributed by atoms with Gasteiger partial charge in [-0.15, -0.1) is 0 Å². The van der Waals surface area contributed by atoms with Crippen LogP contribution in [0.3, 0.4) is 0 Å². The van der Waals surface area contributed by atoms with Gasteiger partial charge in [0.15, 0.2) is 0 Å². The number of aryl methyl sites for hydroxylation is 1. The summed E-state index contributed by atoms with van der Waals surface area (Å²) in [4.78, 5) is 25.3. The molecule has 4 fully saturated rings. The van der Waals surface area contributed by atoms with E-state index in [1.807, 2.05) is 18.2 Å². The van der Waals surface area contributed by atoms with Gasteiger partial charge in [0, 0.05) is 13.6 Å². The van der Waals surface area contributed by atoms with Crippen molar-refractivity contribution in [3.63, 3.8) is 0 Å². The van der Waals surface area contributed by atoms with Gasteiger partial charge in [0.1, 0.15) is 0 Å². The Kier molecular flexibility index (Phi) is 4.96. The summed E-state index contributed by atoms with van der Waals surface area (Å²) in [6.45, 7) is 4.32. The van der Waals surface area contributed by atoms with E-state index in [-0.39, 0.29) is 11.8 Å². The molecule has 3 aliphatic heterocycles. The minimum atomic E-state index is -0.441. The molecule has 1 saturated carbocycles. The number of hydrogen-bond acceptors (Lipinski definition) is 4. The number of carbonyl (C=O) groups excluding carboxylic acids is 2. The number of ether oxygens (including phenoxy) is 1. The molecule has 6 nitrogen and oxygen atoms in total. The van der Waals surface area contributed by atoms with Crippen molar-refractivity contribution in [1.29, 1.82) is 0 Å². The maximum Gasteiger partial charge on any atom is 0.229 e. The normalized spacial score (nSPS) is 29.9. The summed E-state index contributed by atoms with van der Waals surface area (Å²) in [7, 11) is 1.71. The molecule has 0 radical (unpaired) electrons. The molecule has 6 heteroatoms. The van der Waals surface area contributed by atoms with Crippen molar-refractivity contribution in [1.82, 2.24) is 16.0 Å². The molecule has 2 amide bonds. The molecule has 28 heavy (non-hydrogen) atoms. The topological polar surface area (TPSA) is 79.5 Å². The highest BCUT2D eigenvalue weighted by molar-refractivity contribution is 5.86. The molecule has 152 valence electrons. The van der Waals surface area contributed by atoms with Gasteiger partial charge in [0.2, 0.25) is 11.8 Å². The van der Waals surface area contributed by atoms with Crippen molar-refractivity contribution < 1.29 is 14.3 Å². The molecule has 3 heterocycles. The lowest BCUT2D eigenvalue weighted by molar-refractivity contribution is -0.140. The zero-order valence-electron chi connectivity index (χ0n) is 16.9. The Bertz CT molecular complexity index is 764. The Morgan fingerprint density at radius 2 is 1.82 bits per heavy atom. The standard InChI is InChI=1S/C22H31N3O3/c1-3-16-6-4-5-7-17(16)12-18(26)25-15-20-13-21(14-20,19(27)23-2)22(28-20)8-10-24-11-9-22/h4-7,24H,3,8-15H2,1-2H3,(H,23,27)(H,25,26). The summed E-state index contributed by atoms with van der Waals surface area (Å²) in [5.41, 5.74) is 1.06. The van der Waals surface area contributed by atoms with Crippen molar-refractivity contribution in [3.05, 3.63) is 35.4 Å². The zero-order valence-corrected chi connectivity index (χ0v) is 16.9. The van der Waals surface area contributed by atoms with Gasteiger partial charge >= 0.3 is 0 Å². The molecular weight excluding hydrogens is 354 g/mol. The first-order valence-corrected chi connectivity index (χ1v) is 10.4. The van der Waals surface area contributed by atoms with Gasteiger partial charge < -0.3 is 20.7 Å². The van der Waals surface area contributed by atoms with Crippen LogP contribution < -0.4 is 16.0 Å². The average molecular weight is 386 g/mol. The van der Waals surface area contributed by atoms with Crippen LogP contribution in [0.4, 0.5) is 0 Å². The van der Waals surface area contributed by atoms with Crippen molar-refractivity contribution in [2.45, 2.75) is 56.7 Å². The molecule has 3 N–H and O–H groups in total. The molecule has 0 unspecified atom stereocenters. The minimum absolute atomic E-state index is 0.0163. The van der Waals surface area contributed by atoms with Gasteiger partial charge in [-0.2, -0.15) is 0 Å². The zero-order chi connectivity index (χ0) is 19.8. The monoisotopic (exact) mass is 385 g/mol. The maximum atomic E-state index is 12.7. The summed E-state index contributed by atoms with van der Waals surface area (Å²) in [6.07, 6.45) is 4.40. The molecule has 1 spiro atoms. The fourth-order valence-corrected chi connectivity index (χ4v) is 5.70. The van der Waals surface area contributed by atoms with Crippen molar-refractivity contribution in [2.24, 2.45) is 5.41 Å². The van der Waals surface area contributed by atoms with E-state index in [1.165, 1.54) is 5.56 Å². The molecule has 1 aromatic carbocycles. The van der Waals surface area contributed by atoms with Crippen LogP contribution in [0, 0.1) is 5.41 Å². The van der Waals surface area contributed by atoms with Crippen LogP contribution in [-0.2, 0) is 27.2 Å². The largest absolute Gasteiger partial charge is 0.365 e. The Hall–Kier alpha value is -1.92. The number of carbonyl (C=O) groups is 2. The Morgan fingerprint density at radius 3 is 2.46 bits per heavy atom. The highest BCUT2D eigenvalue weighted by Crippen LogP contribution is 2.68. The lowest BCUT2D eigenvalue weighted by atomic mass is 9.53. The summed E-state index contributed by atoms with van der Waals surface area (Å²) < 4.78 is 6.61. The smallest absolute Gasteiger partial charge is 0.229 e. The molecule has 1 aliphatic carbocycles. The van der Waals surface area contributed by atoms with Gasteiger partial charge in [-0.05, 0) is 56.3 Å². The van der Waals surface area contributed by atoms with Gasteiger partial charge in [-0.25, -0.2) is 0 Å². The second-order valence-corrected chi connectivity index (χ2v) is 8.62. The highest BCUT2D eigenvalue weighted by Gasteiger charge is 2.77. The first-order chi connectivity index (χ1) is 13.5. The van der Waals surface area contributed by atoms with Gasteiger partial charge in [-0.3, -0.25) is 9.59 Å². The minimum Gasteiger partial charge on any atom is -0.365 e. The van der Waals surface area contributed by atoms with Crippen LogP contribution in [-0.4, -0.2) is 49.7 Å².